The SMILES string of the molecule is Nc1cc(Nc2cc(Cl)ccn2)ncn1. The maximum Gasteiger partial charge on any atom is 0.137 e. The van der Waals surface area contributed by atoms with Gasteiger partial charge in [-0.2, -0.15) is 0 Å². The topological polar surface area (TPSA) is 76.7 Å². The minimum atomic E-state index is 0.398. The molecule has 0 spiro atoms. The van der Waals surface area contributed by atoms with Gasteiger partial charge in [-0.15, -0.1) is 0 Å². The Balaban J connectivity index is 2.22. The van der Waals surface area contributed by atoms with E-state index in [1.54, 1.807) is 24.4 Å². The Bertz CT molecular complexity index is 430. The van der Waals surface area contributed by atoms with E-state index < -0.39 is 0 Å². The van der Waals surface area contributed by atoms with Crippen LogP contribution in [0.2, 0.25) is 5.02 Å². The monoisotopic (exact) mass is 221 g/mol. The Hall–Kier alpha value is -1.88. The van der Waals surface area contributed by atoms with E-state index in [0.717, 1.165) is 0 Å². The van der Waals surface area contributed by atoms with Crippen molar-refractivity contribution in [3.05, 3.63) is 35.7 Å². The lowest BCUT2D eigenvalue weighted by atomic mass is 10.4. The van der Waals surface area contributed by atoms with Crippen LogP contribution in [-0.4, -0.2) is 15.0 Å². The molecule has 2 aromatic rings. The summed E-state index contributed by atoms with van der Waals surface area (Å²) in [6, 6.07) is 5.00. The highest BCUT2D eigenvalue weighted by Crippen LogP contribution is 2.16. The molecule has 0 unspecified atom stereocenters. The maximum atomic E-state index is 5.80. The van der Waals surface area contributed by atoms with Crippen LogP contribution in [0.1, 0.15) is 0 Å². The molecule has 0 saturated carbocycles. The van der Waals surface area contributed by atoms with Gasteiger partial charge in [-0.1, -0.05) is 11.6 Å². The Labute approximate surface area is 91.3 Å². The van der Waals surface area contributed by atoms with Gasteiger partial charge in [0.15, 0.2) is 0 Å². The van der Waals surface area contributed by atoms with Crippen molar-refractivity contribution in [2.45, 2.75) is 0 Å². The number of nitrogens with one attached hydrogen (secondary N) is 1. The summed E-state index contributed by atoms with van der Waals surface area (Å²) in [5.41, 5.74) is 5.50. The molecule has 0 aromatic carbocycles. The highest BCUT2D eigenvalue weighted by atomic mass is 35.5. The van der Waals surface area contributed by atoms with E-state index in [9.17, 15) is 0 Å². The summed E-state index contributed by atoms with van der Waals surface area (Å²) in [6.07, 6.45) is 2.98. The number of aromatic nitrogens is 3. The predicted molar refractivity (Wildman–Crippen MR) is 59.0 cm³/mol. The Kier molecular flexibility index (Phi) is 2.64. The molecule has 2 heterocycles. The molecule has 0 radical (unpaired) electrons. The summed E-state index contributed by atoms with van der Waals surface area (Å²) >= 11 is 5.80. The number of nitrogens with two attached hydrogens (primary N) is 1. The Morgan fingerprint density at radius 3 is 2.67 bits per heavy atom. The van der Waals surface area contributed by atoms with E-state index in [1.165, 1.54) is 6.33 Å². The normalized spacial score (nSPS) is 9.93. The van der Waals surface area contributed by atoms with Crippen LogP contribution in [0, 0.1) is 0 Å². The quantitative estimate of drug-likeness (QED) is 0.809. The molecule has 0 aliphatic carbocycles. The largest absolute Gasteiger partial charge is 0.384 e. The van der Waals surface area contributed by atoms with Gasteiger partial charge in [0.25, 0.3) is 0 Å². The van der Waals surface area contributed by atoms with Crippen molar-refractivity contribution in [3.63, 3.8) is 0 Å². The number of nitrogens with zero attached hydrogens (tertiary/aromatic N) is 3. The Morgan fingerprint density at radius 2 is 1.93 bits per heavy atom. The minimum Gasteiger partial charge on any atom is -0.384 e. The van der Waals surface area contributed by atoms with Crippen LogP contribution in [-0.2, 0) is 0 Å². The molecule has 0 fully saturated rings. The molecule has 5 nitrogen and oxygen atoms in total. The Morgan fingerprint density at radius 1 is 1.13 bits per heavy atom. The van der Waals surface area contributed by atoms with Gasteiger partial charge in [0.1, 0.15) is 23.8 Å². The van der Waals surface area contributed by atoms with Gasteiger partial charge in [-0.25, -0.2) is 15.0 Å². The van der Waals surface area contributed by atoms with E-state index in [0.29, 0.717) is 22.5 Å². The lowest BCUT2D eigenvalue weighted by Gasteiger charge is -2.04. The fourth-order valence-corrected chi connectivity index (χ4v) is 1.20. The van der Waals surface area contributed by atoms with Gasteiger partial charge in [0, 0.05) is 17.3 Å². The molecule has 0 bridgehead atoms. The summed E-state index contributed by atoms with van der Waals surface area (Å²) in [5.74, 6) is 1.59. The molecule has 0 aliphatic heterocycles. The molecule has 76 valence electrons. The number of rotatable bonds is 2. The molecule has 6 heteroatoms. The average molecular weight is 222 g/mol. The molecule has 2 rings (SSSR count). The molecule has 3 N–H and O–H groups in total. The van der Waals surface area contributed by atoms with Crippen molar-refractivity contribution >= 4 is 29.1 Å². The van der Waals surface area contributed by atoms with Crippen LogP contribution in [0.25, 0.3) is 0 Å². The lowest BCUT2D eigenvalue weighted by Crippen LogP contribution is -1.98. The van der Waals surface area contributed by atoms with Gasteiger partial charge < -0.3 is 11.1 Å². The van der Waals surface area contributed by atoms with Crippen molar-refractivity contribution in [3.8, 4) is 0 Å². The van der Waals surface area contributed by atoms with Crippen molar-refractivity contribution < 1.29 is 0 Å². The molecule has 2 aromatic heterocycles. The van der Waals surface area contributed by atoms with Gasteiger partial charge in [-0.05, 0) is 12.1 Å². The summed E-state index contributed by atoms with van der Waals surface area (Å²) in [5, 5.41) is 3.56. The number of anilines is 3. The number of hydrogen-bond donors (Lipinski definition) is 2. The van der Waals surface area contributed by atoms with Crippen molar-refractivity contribution in [1.82, 2.24) is 15.0 Å². The van der Waals surface area contributed by atoms with Crippen LogP contribution in [0.5, 0.6) is 0 Å². The van der Waals surface area contributed by atoms with Crippen LogP contribution >= 0.6 is 11.6 Å². The average Bonchev–Trinajstić information content (AvgIpc) is 2.17. The number of halogens is 1. The first-order chi connectivity index (χ1) is 7.24. The van der Waals surface area contributed by atoms with Crippen molar-refractivity contribution in [2.24, 2.45) is 0 Å². The van der Waals surface area contributed by atoms with Gasteiger partial charge >= 0.3 is 0 Å². The third-order valence-corrected chi connectivity index (χ3v) is 1.90. The summed E-state index contributed by atoms with van der Waals surface area (Å²) in [6.45, 7) is 0. The van der Waals surface area contributed by atoms with Crippen LogP contribution in [0.3, 0.4) is 0 Å². The second-order valence-corrected chi connectivity index (χ2v) is 3.25. The predicted octanol–water partition coefficient (Wildman–Crippen LogP) is 1.85. The smallest absolute Gasteiger partial charge is 0.137 e. The first-order valence-electron chi connectivity index (χ1n) is 4.20. The molecule has 0 aliphatic rings. The lowest BCUT2D eigenvalue weighted by molar-refractivity contribution is 1.16. The zero-order chi connectivity index (χ0) is 10.7. The summed E-state index contributed by atoms with van der Waals surface area (Å²) in [4.78, 5) is 11.8. The van der Waals surface area contributed by atoms with Crippen LogP contribution < -0.4 is 11.1 Å². The molecule has 0 atom stereocenters. The van der Waals surface area contributed by atoms with E-state index >= 15 is 0 Å². The second kappa shape index (κ2) is 4.10. The standard InChI is InChI=1S/C9H8ClN5/c10-6-1-2-12-8(3-6)15-9-4-7(11)13-5-14-9/h1-5H,(H3,11,12,13,14,15). The second-order valence-electron chi connectivity index (χ2n) is 2.81. The van der Waals surface area contributed by atoms with E-state index in [-0.39, 0.29) is 0 Å². The highest BCUT2D eigenvalue weighted by molar-refractivity contribution is 6.30. The fourth-order valence-electron chi connectivity index (χ4n) is 1.05. The highest BCUT2D eigenvalue weighted by Gasteiger charge is 1.98. The van der Waals surface area contributed by atoms with Crippen molar-refractivity contribution in [2.75, 3.05) is 11.1 Å². The molecule has 0 amide bonds. The van der Waals surface area contributed by atoms with Gasteiger partial charge in [0.2, 0.25) is 0 Å². The van der Waals surface area contributed by atoms with Gasteiger partial charge in [0.05, 0.1) is 0 Å². The zero-order valence-electron chi connectivity index (χ0n) is 7.68. The number of pyridine rings is 1. The van der Waals surface area contributed by atoms with E-state index in [1.807, 2.05) is 0 Å². The first kappa shape index (κ1) is 9.67. The molecule has 15 heavy (non-hydrogen) atoms. The molecule has 0 saturated heterocycles. The molecular weight excluding hydrogens is 214 g/mol. The van der Waals surface area contributed by atoms with Crippen LogP contribution in [0.15, 0.2) is 30.7 Å². The third-order valence-electron chi connectivity index (χ3n) is 1.67. The number of hydrogen-bond acceptors (Lipinski definition) is 5. The maximum absolute atomic E-state index is 5.80. The van der Waals surface area contributed by atoms with Gasteiger partial charge in [-0.3, -0.25) is 0 Å². The third kappa shape index (κ3) is 2.54. The van der Waals surface area contributed by atoms with E-state index in [4.69, 9.17) is 17.3 Å². The summed E-state index contributed by atoms with van der Waals surface area (Å²) < 4.78 is 0. The van der Waals surface area contributed by atoms with Crippen LogP contribution in [0.4, 0.5) is 17.5 Å². The number of nitrogen functional groups attached to an aromatic ring is 1. The van der Waals surface area contributed by atoms with Crippen molar-refractivity contribution in [1.29, 1.82) is 0 Å². The first-order valence-corrected chi connectivity index (χ1v) is 4.58. The minimum absolute atomic E-state index is 0.398. The fraction of sp³-hybridized carbons (Fsp3) is 0. The van der Waals surface area contributed by atoms with E-state index in [2.05, 4.69) is 20.3 Å². The zero-order valence-corrected chi connectivity index (χ0v) is 8.44. The summed E-state index contributed by atoms with van der Waals surface area (Å²) in [7, 11) is 0. The molecular formula is C9H8ClN5.